The lowest BCUT2D eigenvalue weighted by Gasteiger charge is -2.19. The summed E-state index contributed by atoms with van der Waals surface area (Å²) in [5.74, 6) is 0.239. The second kappa shape index (κ2) is 5.08. The van der Waals surface area contributed by atoms with Crippen molar-refractivity contribution in [1.29, 1.82) is 0 Å². The number of benzene rings is 1. The molecule has 1 rings (SSSR count). The Balaban J connectivity index is 2.80. The Hall–Kier alpha value is -0.150. The van der Waals surface area contributed by atoms with Gasteiger partial charge in [-0.2, -0.15) is 0 Å². The minimum absolute atomic E-state index is 0.239. The topological polar surface area (TPSA) is 17.1 Å². The summed E-state index contributed by atoms with van der Waals surface area (Å²) in [6.45, 7) is 1.88. The highest BCUT2D eigenvalue weighted by Crippen LogP contribution is 2.41. The van der Waals surface area contributed by atoms with Gasteiger partial charge in [0.15, 0.2) is 0 Å². The third-order valence-corrected chi connectivity index (χ3v) is 3.49. The first-order valence-electron chi connectivity index (χ1n) is 4.51. The Kier molecular flexibility index (Phi) is 4.32. The van der Waals surface area contributed by atoms with Crippen LogP contribution in [0.5, 0.6) is 0 Å². The summed E-state index contributed by atoms with van der Waals surface area (Å²) in [7, 11) is 0. The molecule has 0 radical (unpaired) electrons. The second-order valence-corrected chi connectivity index (χ2v) is 6.91. The zero-order valence-electron chi connectivity index (χ0n) is 7.97. The van der Waals surface area contributed by atoms with E-state index < -0.39 is 3.23 Å². The van der Waals surface area contributed by atoms with Gasteiger partial charge in [-0.1, -0.05) is 69.1 Å². The van der Waals surface area contributed by atoms with E-state index >= 15 is 0 Å². The van der Waals surface area contributed by atoms with Gasteiger partial charge in [0.05, 0.1) is 0 Å². The van der Waals surface area contributed by atoms with Crippen molar-refractivity contribution in [2.24, 2.45) is 0 Å². The average molecular weight is 320 g/mol. The molecule has 0 unspecified atom stereocenters. The van der Waals surface area contributed by atoms with Crippen LogP contribution in [0.15, 0.2) is 30.3 Å². The van der Waals surface area contributed by atoms with Crippen molar-refractivity contribution in [2.75, 3.05) is 0 Å². The number of Topliss-reactive ketones (excluding diaryl/α,β-unsaturated/α-hetero) is 1. The van der Waals surface area contributed by atoms with Crippen LogP contribution in [-0.2, 0) is 8.03 Å². The van der Waals surface area contributed by atoms with Crippen molar-refractivity contribution in [3.8, 4) is 0 Å². The lowest BCUT2D eigenvalue weighted by Crippen LogP contribution is -2.14. The van der Waals surface area contributed by atoms with Crippen molar-refractivity contribution in [2.45, 2.75) is 23.0 Å². The predicted octanol–water partition coefficient (Wildman–Crippen LogP) is 4.00. The maximum Gasteiger partial charge on any atom is 0.135 e. The number of ketones is 1. The summed E-state index contributed by atoms with van der Waals surface area (Å²) in [6, 6.07) is 9.87. The highest BCUT2D eigenvalue weighted by Gasteiger charge is 2.27. The molecule has 0 heterocycles. The fraction of sp³-hybridized carbons (Fsp3) is 0.364. The molecule has 0 fully saturated rings. The van der Waals surface area contributed by atoms with Crippen molar-refractivity contribution < 1.29 is 4.79 Å². The fourth-order valence-electron chi connectivity index (χ4n) is 1.16. The van der Waals surface area contributed by atoms with Gasteiger partial charge in [-0.25, -0.2) is 0 Å². The van der Waals surface area contributed by atoms with Crippen LogP contribution in [0, 0.1) is 0 Å². The molecule has 1 aromatic carbocycles. The van der Waals surface area contributed by atoms with E-state index in [1.807, 2.05) is 37.3 Å². The molecule has 0 aliphatic rings. The van der Waals surface area contributed by atoms with Crippen molar-refractivity contribution in [1.82, 2.24) is 0 Å². The third-order valence-electron chi connectivity index (χ3n) is 2.01. The number of alkyl halides is 2. The molecular weight excluding hydrogens is 308 g/mol. The van der Waals surface area contributed by atoms with E-state index in [2.05, 4.69) is 31.9 Å². The molecule has 0 aromatic heterocycles. The van der Waals surface area contributed by atoms with Crippen LogP contribution in [0.2, 0.25) is 0 Å². The van der Waals surface area contributed by atoms with E-state index in [-0.39, 0.29) is 5.78 Å². The van der Waals surface area contributed by atoms with Gasteiger partial charge in [0, 0.05) is 12.8 Å². The van der Waals surface area contributed by atoms with Crippen LogP contribution in [0.25, 0.3) is 0 Å². The number of halogens is 2. The second-order valence-electron chi connectivity index (χ2n) is 3.14. The van der Waals surface area contributed by atoms with E-state index in [1.165, 1.54) is 0 Å². The number of carbonyl (C=O) groups excluding carboxylic acids is 1. The monoisotopic (exact) mass is 318 g/mol. The molecule has 0 saturated heterocycles. The first kappa shape index (κ1) is 11.9. The molecule has 0 amide bonds. The SMILES string of the molecule is CCC(=O)CC(Br)(Br)c1ccccc1. The zero-order chi connectivity index (χ0) is 10.6. The van der Waals surface area contributed by atoms with Crippen LogP contribution in [0.3, 0.4) is 0 Å². The normalized spacial score (nSPS) is 11.4. The predicted molar refractivity (Wildman–Crippen MR) is 65.9 cm³/mol. The van der Waals surface area contributed by atoms with Crippen LogP contribution in [0.1, 0.15) is 25.3 Å². The Morgan fingerprint density at radius 2 is 1.86 bits per heavy atom. The highest BCUT2D eigenvalue weighted by molar-refractivity contribution is 9.24. The number of carbonyl (C=O) groups is 1. The Morgan fingerprint density at radius 3 is 2.36 bits per heavy atom. The van der Waals surface area contributed by atoms with Crippen molar-refractivity contribution in [3.05, 3.63) is 35.9 Å². The van der Waals surface area contributed by atoms with Gasteiger partial charge >= 0.3 is 0 Å². The van der Waals surface area contributed by atoms with Crippen LogP contribution >= 0.6 is 31.9 Å². The van der Waals surface area contributed by atoms with Gasteiger partial charge in [0.25, 0.3) is 0 Å². The summed E-state index contributed by atoms with van der Waals surface area (Å²) < 4.78 is -0.408. The summed E-state index contributed by atoms with van der Waals surface area (Å²) in [5.41, 5.74) is 1.07. The largest absolute Gasteiger partial charge is 0.300 e. The van der Waals surface area contributed by atoms with Crippen LogP contribution in [0.4, 0.5) is 0 Å². The molecular formula is C11H12Br2O. The maximum absolute atomic E-state index is 11.3. The summed E-state index contributed by atoms with van der Waals surface area (Å²) >= 11 is 7.05. The number of rotatable bonds is 4. The minimum Gasteiger partial charge on any atom is -0.300 e. The fourth-order valence-corrected chi connectivity index (χ4v) is 2.31. The summed E-state index contributed by atoms with van der Waals surface area (Å²) in [5, 5.41) is 0. The minimum atomic E-state index is -0.408. The van der Waals surface area contributed by atoms with Gasteiger partial charge in [-0.3, -0.25) is 4.79 Å². The van der Waals surface area contributed by atoms with E-state index in [4.69, 9.17) is 0 Å². The highest BCUT2D eigenvalue weighted by atomic mass is 79.9. The van der Waals surface area contributed by atoms with Gasteiger partial charge in [-0.15, -0.1) is 0 Å². The smallest absolute Gasteiger partial charge is 0.135 e. The summed E-state index contributed by atoms with van der Waals surface area (Å²) in [4.78, 5) is 11.3. The first-order valence-corrected chi connectivity index (χ1v) is 6.10. The Morgan fingerprint density at radius 1 is 1.29 bits per heavy atom. The average Bonchev–Trinajstić information content (AvgIpc) is 2.18. The number of hydrogen-bond acceptors (Lipinski definition) is 1. The maximum atomic E-state index is 11.3. The Bertz CT molecular complexity index is 306. The van der Waals surface area contributed by atoms with Gasteiger partial charge < -0.3 is 0 Å². The van der Waals surface area contributed by atoms with Crippen LogP contribution < -0.4 is 0 Å². The van der Waals surface area contributed by atoms with Crippen LogP contribution in [-0.4, -0.2) is 5.78 Å². The molecule has 0 spiro atoms. The standard InChI is InChI=1S/C11H12Br2O/c1-2-10(14)8-11(12,13)9-6-4-3-5-7-9/h3-7H,2,8H2,1H3. The molecule has 3 heteroatoms. The molecule has 14 heavy (non-hydrogen) atoms. The van der Waals surface area contributed by atoms with Crippen molar-refractivity contribution in [3.63, 3.8) is 0 Å². The summed E-state index contributed by atoms with van der Waals surface area (Å²) in [6.07, 6.45) is 1.04. The van der Waals surface area contributed by atoms with E-state index in [0.29, 0.717) is 12.8 Å². The molecule has 0 aliphatic heterocycles. The van der Waals surface area contributed by atoms with Crippen molar-refractivity contribution >= 4 is 37.6 Å². The zero-order valence-corrected chi connectivity index (χ0v) is 11.1. The molecule has 1 nitrogen and oxygen atoms in total. The van der Waals surface area contributed by atoms with Gasteiger partial charge in [-0.05, 0) is 5.56 Å². The molecule has 0 N–H and O–H groups in total. The van der Waals surface area contributed by atoms with E-state index in [9.17, 15) is 4.79 Å². The lowest BCUT2D eigenvalue weighted by molar-refractivity contribution is -0.118. The first-order chi connectivity index (χ1) is 6.56. The lowest BCUT2D eigenvalue weighted by atomic mass is 10.1. The van der Waals surface area contributed by atoms with E-state index in [0.717, 1.165) is 5.56 Å². The molecule has 0 saturated carbocycles. The molecule has 0 aliphatic carbocycles. The van der Waals surface area contributed by atoms with Gasteiger partial charge in [0.2, 0.25) is 0 Å². The van der Waals surface area contributed by atoms with E-state index in [1.54, 1.807) is 0 Å². The quantitative estimate of drug-likeness (QED) is 0.767. The molecule has 76 valence electrons. The third kappa shape index (κ3) is 3.21. The molecule has 1 aromatic rings. The van der Waals surface area contributed by atoms with Gasteiger partial charge in [0.1, 0.15) is 9.02 Å². The Labute approximate surface area is 101 Å². The molecule has 0 bridgehead atoms. The molecule has 0 atom stereocenters. The number of hydrogen-bond donors (Lipinski definition) is 0.